The van der Waals surface area contributed by atoms with Gasteiger partial charge in [0.1, 0.15) is 0 Å². The van der Waals surface area contributed by atoms with Crippen LogP contribution in [-0.2, 0) is 7.05 Å². The van der Waals surface area contributed by atoms with E-state index in [0.717, 1.165) is 17.9 Å². The number of hydrazine groups is 1. The smallest absolute Gasteiger partial charge is 0.271 e. The van der Waals surface area contributed by atoms with Crippen molar-refractivity contribution in [3.05, 3.63) is 11.9 Å². The van der Waals surface area contributed by atoms with E-state index >= 15 is 0 Å². The lowest BCUT2D eigenvalue weighted by atomic mass is 9.96. The molecule has 0 aliphatic heterocycles. The van der Waals surface area contributed by atoms with Gasteiger partial charge >= 0.3 is 12.4 Å². The van der Waals surface area contributed by atoms with Crippen LogP contribution in [0.5, 0.6) is 0 Å². The topological polar surface area (TPSA) is 68.8 Å². The van der Waals surface area contributed by atoms with Gasteiger partial charge in [0, 0.05) is 7.05 Å². The first kappa shape index (κ1) is 14.7. The summed E-state index contributed by atoms with van der Waals surface area (Å²) in [5.41, 5.74) is 1.10. The molecule has 11 heteroatoms. The number of nitrogens with zero attached hydrogens (tertiary/aromatic N) is 3. The molecular formula is C7H9F6N5. The molecular weight excluding hydrogens is 268 g/mol. The second-order valence-electron chi connectivity index (χ2n) is 3.49. The minimum atomic E-state index is -5.50. The zero-order valence-corrected chi connectivity index (χ0v) is 8.92. The zero-order chi connectivity index (χ0) is 14.1. The first-order valence-corrected chi connectivity index (χ1v) is 4.53. The number of aromatic nitrogens is 3. The van der Waals surface area contributed by atoms with Gasteiger partial charge in [-0.1, -0.05) is 5.21 Å². The number of halogens is 6. The lowest BCUT2D eigenvalue weighted by molar-refractivity contribution is -0.293. The molecule has 1 rings (SSSR count). The fraction of sp³-hybridized carbons (Fsp3) is 0.714. The molecule has 5 nitrogen and oxygen atoms in total. The molecule has 0 aromatic carbocycles. The Morgan fingerprint density at radius 3 is 2.00 bits per heavy atom. The van der Waals surface area contributed by atoms with Gasteiger partial charge in [0.2, 0.25) is 0 Å². The van der Waals surface area contributed by atoms with Crippen molar-refractivity contribution in [1.82, 2.24) is 20.4 Å². The van der Waals surface area contributed by atoms with Gasteiger partial charge in [-0.25, -0.2) is 0 Å². The molecule has 1 atom stereocenters. The first-order chi connectivity index (χ1) is 8.09. The number of aryl methyl sites for hydroxylation is 1. The van der Waals surface area contributed by atoms with Gasteiger partial charge in [-0.3, -0.25) is 16.0 Å². The molecule has 0 spiro atoms. The number of alkyl halides is 6. The molecule has 0 saturated heterocycles. The molecule has 0 aliphatic carbocycles. The van der Waals surface area contributed by atoms with Gasteiger partial charge in [0.15, 0.2) is 5.92 Å². The number of rotatable bonds is 3. The van der Waals surface area contributed by atoms with E-state index < -0.39 is 30.0 Å². The van der Waals surface area contributed by atoms with E-state index in [1.807, 2.05) is 0 Å². The van der Waals surface area contributed by atoms with Crippen molar-refractivity contribution in [1.29, 1.82) is 0 Å². The summed E-state index contributed by atoms with van der Waals surface area (Å²) in [5.74, 6) is 1.16. The van der Waals surface area contributed by atoms with Crippen LogP contribution in [0.4, 0.5) is 26.3 Å². The van der Waals surface area contributed by atoms with Crippen molar-refractivity contribution in [2.45, 2.75) is 18.4 Å². The summed E-state index contributed by atoms with van der Waals surface area (Å²) in [4.78, 5) is 0. The minimum Gasteiger partial charge on any atom is -0.271 e. The van der Waals surface area contributed by atoms with Gasteiger partial charge in [-0.05, 0) is 0 Å². The Bertz CT molecular complexity index is 382. The van der Waals surface area contributed by atoms with E-state index in [1.54, 1.807) is 0 Å². The molecule has 3 N–H and O–H groups in total. The predicted octanol–water partition coefficient (Wildman–Crippen LogP) is 1.06. The van der Waals surface area contributed by atoms with Crippen LogP contribution in [-0.4, -0.2) is 27.3 Å². The van der Waals surface area contributed by atoms with Crippen molar-refractivity contribution in [3.63, 3.8) is 0 Å². The molecule has 0 amide bonds. The Balaban J connectivity index is 3.23. The fourth-order valence-corrected chi connectivity index (χ4v) is 1.50. The highest BCUT2D eigenvalue weighted by atomic mass is 19.4. The number of nitrogens with one attached hydrogen (secondary N) is 1. The standard InChI is InChI=1S/C7H9F6N5/c1-18-3(2-15-17-18)4(16-14)5(6(8,9)10)7(11,12)13/h2,4-5,16H,14H2,1H3. The summed E-state index contributed by atoms with van der Waals surface area (Å²) in [6, 6.07) is -2.22. The molecule has 0 aliphatic rings. The fourth-order valence-electron chi connectivity index (χ4n) is 1.50. The summed E-state index contributed by atoms with van der Waals surface area (Å²) >= 11 is 0. The largest absolute Gasteiger partial charge is 0.402 e. The van der Waals surface area contributed by atoms with Crippen LogP contribution < -0.4 is 11.3 Å². The molecule has 0 bridgehead atoms. The highest BCUT2D eigenvalue weighted by Gasteiger charge is 2.61. The van der Waals surface area contributed by atoms with Gasteiger partial charge in [-0.15, -0.1) is 5.10 Å². The van der Waals surface area contributed by atoms with Crippen molar-refractivity contribution < 1.29 is 26.3 Å². The third kappa shape index (κ3) is 2.90. The number of nitrogens with two attached hydrogens (primary N) is 1. The Morgan fingerprint density at radius 1 is 1.22 bits per heavy atom. The second kappa shape index (κ2) is 4.72. The minimum absolute atomic E-state index is 0.419. The van der Waals surface area contributed by atoms with Crippen molar-refractivity contribution in [2.75, 3.05) is 0 Å². The predicted molar refractivity (Wildman–Crippen MR) is 46.7 cm³/mol. The van der Waals surface area contributed by atoms with E-state index in [2.05, 4.69) is 10.3 Å². The van der Waals surface area contributed by atoms with Crippen molar-refractivity contribution in [3.8, 4) is 0 Å². The van der Waals surface area contributed by atoms with E-state index in [0.29, 0.717) is 0 Å². The average molecular weight is 277 g/mol. The molecule has 18 heavy (non-hydrogen) atoms. The Morgan fingerprint density at radius 2 is 1.72 bits per heavy atom. The van der Waals surface area contributed by atoms with Crippen molar-refractivity contribution in [2.24, 2.45) is 18.8 Å². The lowest BCUT2D eigenvalue weighted by Crippen LogP contribution is -2.48. The quantitative estimate of drug-likeness (QED) is 0.492. The zero-order valence-electron chi connectivity index (χ0n) is 8.92. The summed E-state index contributed by atoms with van der Waals surface area (Å²) < 4.78 is 75.9. The van der Waals surface area contributed by atoms with Crippen LogP contribution in [0.1, 0.15) is 11.7 Å². The third-order valence-corrected chi connectivity index (χ3v) is 2.29. The van der Waals surface area contributed by atoms with Crippen LogP contribution in [0.15, 0.2) is 6.20 Å². The van der Waals surface area contributed by atoms with Crippen LogP contribution in [0.2, 0.25) is 0 Å². The van der Waals surface area contributed by atoms with Gasteiger partial charge in [-0.2, -0.15) is 26.3 Å². The van der Waals surface area contributed by atoms with Crippen molar-refractivity contribution >= 4 is 0 Å². The maximum atomic E-state index is 12.5. The first-order valence-electron chi connectivity index (χ1n) is 4.53. The average Bonchev–Trinajstić information content (AvgIpc) is 2.56. The van der Waals surface area contributed by atoms with Crippen LogP contribution >= 0.6 is 0 Å². The maximum Gasteiger partial charge on any atom is 0.402 e. The highest BCUT2D eigenvalue weighted by Crippen LogP contribution is 2.45. The summed E-state index contributed by atoms with van der Waals surface area (Å²) in [6.07, 6.45) is -10.2. The van der Waals surface area contributed by atoms with E-state index in [-0.39, 0.29) is 0 Å². The third-order valence-electron chi connectivity index (χ3n) is 2.29. The molecule has 0 saturated carbocycles. The lowest BCUT2D eigenvalue weighted by Gasteiger charge is -2.29. The maximum absolute atomic E-state index is 12.5. The SMILES string of the molecule is Cn1nncc1C(NN)C(C(F)(F)F)C(F)(F)F. The Hall–Kier alpha value is -1.36. The normalized spacial score (nSPS) is 15.2. The Labute approximate surface area is 96.9 Å². The summed E-state index contributed by atoms with van der Waals surface area (Å²) in [6.45, 7) is 0. The van der Waals surface area contributed by atoms with Crippen LogP contribution in [0, 0.1) is 5.92 Å². The van der Waals surface area contributed by atoms with E-state index in [4.69, 9.17) is 5.84 Å². The summed E-state index contributed by atoms with van der Waals surface area (Å²) in [7, 11) is 1.16. The summed E-state index contributed by atoms with van der Waals surface area (Å²) in [5, 5.41) is 6.49. The molecule has 0 radical (unpaired) electrons. The van der Waals surface area contributed by atoms with Crippen LogP contribution in [0.25, 0.3) is 0 Å². The molecule has 1 unspecified atom stereocenters. The molecule has 0 fully saturated rings. The van der Waals surface area contributed by atoms with E-state index in [1.165, 1.54) is 5.43 Å². The number of hydrogen-bond donors (Lipinski definition) is 2. The Kier molecular flexibility index (Phi) is 3.86. The van der Waals surface area contributed by atoms with Crippen LogP contribution in [0.3, 0.4) is 0 Å². The number of hydrogen-bond acceptors (Lipinski definition) is 4. The monoisotopic (exact) mass is 277 g/mol. The van der Waals surface area contributed by atoms with Gasteiger partial charge in [0.05, 0.1) is 17.9 Å². The molecule has 1 aromatic heterocycles. The second-order valence-corrected chi connectivity index (χ2v) is 3.49. The van der Waals surface area contributed by atoms with E-state index in [9.17, 15) is 26.3 Å². The molecule has 1 heterocycles. The van der Waals surface area contributed by atoms with Gasteiger partial charge in [0.25, 0.3) is 0 Å². The molecule has 1 aromatic rings. The van der Waals surface area contributed by atoms with Gasteiger partial charge < -0.3 is 0 Å². The highest BCUT2D eigenvalue weighted by molar-refractivity contribution is 5.06. The molecule has 104 valence electrons.